The minimum Gasteiger partial charge on any atom is -0.378 e. The first-order valence-electron chi connectivity index (χ1n) is 6.25. The van der Waals surface area contributed by atoms with Crippen LogP contribution in [-0.2, 0) is 0 Å². The van der Waals surface area contributed by atoms with Crippen LogP contribution in [0.1, 0.15) is 29.7 Å². The van der Waals surface area contributed by atoms with Crippen molar-refractivity contribution in [2.24, 2.45) is 0 Å². The third-order valence-electron chi connectivity index (χ3n) is 3.05. The summed E-state index contributed by atoms with van der Waals surface area (Å²) >= 11 is 8.28. The molecule has 2 aromatic carbocycles. The summed E-state index contributed by atoms with van der Waals surface area (Å²) in [5.41, 5.74) is 5.03. The molecule has 0 radical (unpaired) electrons. The maximum Gasteiger partial charge on any atom is 0.0486 e. The van der Waals surface area contributed by atoms with E-state index in [9.17, 15) is 0 Å². The SMILES string of the molecule is Cc1cc(C)cc(C(C)Nc2ccc(Cl)cc2I)c1. The first-order valence-corrected chi connectivity index (χ1v) is 7.71. The van der Waals surface area contributed by atoms with Crippen LogP contribution in [0.15, 0.2) is 36.4 Å². The lowest BCUT2D eigenvalue weighted by molar-refractivity contribution is 0.879. The van der Waals surface area contributed by atoms with E-state index in [4.69, 9.17) is 11.6 Å². The van der Waals surface area contributed by atoms with Crippen molar-refractivity contribution in [2.75, 3.05) is 5.32 Å². The Morgan fingerprint density at radius 3 is 2.26 bits per heavy atom. The van der Waals surface area contributed by atoms with Gasteiger partial charge in [-0.1, -0.05) is 40.9 Å². The summed E-state index contributed by atoms with van der Waals surface area (Å²) in [4.78, 5) is 0. The summed E-state index contributed by atoms with van der Waals surface area (Å²) in [7, 11) is 0. The zero-order valence-electron chi connectivity index (χ0n) is 11.3. The number of rotatable bonds is 3. The van der Waals surface area contributed by atoms with Crippen LogP contribution < -0.4 is 5.32 Å². The van der Waals surface area contributed by atoms with Gasteiger partial charge in [0.15, 0.2) is 0 Å². The minimum absolute atomic E-state index is 0.272. The molecule has 0 heterocycles. The smallest absolute Gasteiger partial charge is 0.0486 e. The standard InChI is InChI=1S/C16H17ClIN/c1-10-6-11(2)8-13(7-10)12(3)19-16-5-4-14(17)9-15(16)18/h4-9,12,19H,1-3H3. The molecule has 3 heteroatoms. The van der Waals surface area contributed by atoms with E-state index >= 15 is 0 Å². The van der Waals surface area contributed by atoms with Gasteiger partial charge in [-0.05, 0) is 67.1 Å². The number of aryl methyl sites for hydroxylation is 2. The van der Waals surface area contributed by atoms with Crippen molar-refractivity contribution >= 4 is 39.9 Å². The van der Waals surface area contributed by atoms with Gasteiger partial charge >= 0.3 is 0 Å². The third kappa shape index (κ3) is 3.86. The molecular formula is C16H17ClIN. The summed E-state index contributed by atoms with van der Waals surface area (Å²) < 4.78 is 1.14. The highest BCUT2D eigenvalue weighted by molar-refractivity contribution is 14.1. The van der Waals surface area contributed by atoms with Crippen molar-refractivity contribution in [1.29, 1.82) is 0 Å². The average molecular weight is 386 g/mol. The Hall–Kier alpha value is -0.740. The monoisotopic (exact) mass is 385 g/mol. The second-order valence-corrected chi connectivity index (χ2v) is 6.51. The number of halogens is 2. The minimum atomic E-state index is 0.272. The van der Waals surface area contributed by atoms with Crippen molar-refractivity contribution in [3.8, 4) is 0 Å². The van der Waals surface area contributed by atoms with Gasteiger partial charge in [0.25, 0.3) is 0 Å². The molecule has 19 heavy (non-hydrogen) atoms. The van der Waals surface area contributed by atoms with Gasteiger partial charge in [-0.2, -0.15) is 0 Å². The van der Waals surface area contributed by atoms with Gasteiger partial charge in [0.05, 0.1) is 0 Å². The molecule has 100 valence electrons. The molecule has 0 bridgehead atoms. The summed E-state index contributed by atoms with van der Waals surface area (Å²) in [6.07, 6.45) is 0. The van der Waals surface area contributed by atoms with Crippen molar-refractivity contribution < 1.29 is 0 Å². The number of hydrogen-bond donors (Lipinski definition) is 1. The average Bonchev–Trinajstić information content (AvgIpc) is 2.31. The van der Waals surface area contributed by atoms with Crippen LogP contribution in [0.3, 0.4) is 0 Å². The number of hydrogen-bond acceptors (Lipinski definition) is 1. The predicted molar refractivity (Wildman–Crippen MR) is 92.1 cm³/mol. The topological polar surface area (TPSA) is 12.0 Å². The second-order valence-electron chi connectivity index (χ2n) is 4.91. The molecule has 0 aliphatic heterocycles. The van der Waals surface area contributed by atoms with Crippen LogP contribution in [-0.4, -0.2) is 0 Å². The number of benzene rings is 2. The number of nitrogens with one attached hydrogen (secondary N) is 1. The Kier molecular flexibility index (Phi) is 4.74. The Labute approximate surface area is 133 Å². The van der Waals surface area contributed by atoms with E-state index in [0.29, 0.717) is 0 Å². The quantitative estimate of drug-likeness (QED) is 0.665. The molecule has 0 amide bonds. The molecule has 1 unspecified atom stereocenters. The van der Waals surface area contributed by atoms with Crippen molar-refractivity contribution in [3.63, 3.8) is 0 Å². The molecule has 1 atom stereocenters. The van der Waals surface area contributed by atoms with E-state index in [1.54, 1.807) is 0 Å². The molecule has 2 aromatic rings. The summed E-state index contributed by atoms with van der Waals surface area (Å²) in [6, 6.07) is 12.8. The maximum atomic E-state index is 5.98. The fraction of sp³-hybridized carbons (Fsp3) is 0.250. The van der Waals surface area contributed by atoms with E-state index < -0.39 is 0 Å². The highest BCUT2D eigenvalue weighted by Gasteiger charge is 2.08. The van der Waals surface area contributed by atoms with Crippen LogP contribution in [0.25, 0.3) is 0 Å². The van der Waals surface area contributed by atoms with E-state index in [1.807, 2.05) is 18.2 Å². The van der Waals surface area contributed by atoms with Gasteiger partial charge in [-0.25, -0.2) is 0 Å². The predicted octanol–water partition coefficient (Wildman–Crippen LogP) is 5.73. The highest BCUT2D eigenvalue weighted by atomic mass is 127. The number of anilines is 1. The Morgan fingerprint density at radius 2 is 1.68 bits per heavy atom. The van der Waals surface area contributed by atoms with Crippen molar-refractivity contribution in [1.82, 2.24) is 0 Å². The Morgan fingerprint density at radius 1 is 1.05 bits per heavy atom. The maximum absolute atomic E-state index is 5.98. The molecule has 0 aliphatic carbocycles. The fourth-order valence-electron chi connectivity index (χ4n) is 2.18. The molecule has 0 spiro atoms. The molecule has 0 aromatic heterocycles. The van der Waals surface area contributed by atoms with E-state index in [0.717, 1.165) is 14.3 Å². The fourth-order valence-corrected chi connectivity index (χ4v) is 3.21. The van der Waals surface area contributed by atoms with Gasteiger partial charge in [-0.3, -0.25) is 0 Å². The summed E-state index contributed by atoms with van der Waals surface area (Å²) in [6.45, 7) is 6.45. The van der Waals surface area contributed by atoms with Crippen LogP contribution >= 0.6 is 34.2 Å². The van der Waals surface area contributed by atoms with Gasteiger partial charge in [-0.15, -0.1) is 0 Å². The molecule has 0 saturated carbocycles. The van der Waals surface area contributed by atoms with Crippen molar-refractivity contribution in [3.05, 3.63) is 61.7 Å². The first-order chi connectivity index (χ1) is 8.95. The highest BCUT2D eigenvalue weighted by Crippen LogP contribution is 2.27. The molecule has 1 N–H and O–H groups in total. The second kappa shape index (κ2) is 6.14. The summed E-state index contributed by atoms with van der Waals surface area (Å²) in [5, 5.41) is 4.31. The Bertz CT molecular complexity index is 575. The van der Waals surface area contributed by atoms with Crippen LogP contribution in [0, 0.1) is 17.4 Å². The molecular weight excluding hydrogens is 369 g/mol. The molecule has 0 fully saturated rings. The third-order valence-corrected chi connectivity index (χ3v) is 4.17. The van der Waals surface area contributed by atoms with Gasteiger partial charge < -0.3 is 5.32 Å². The zero-order chi connectivity index (χ0) is 14.0. The zero-order valence-corrected chi connectivity index (χ0v) is 14.2. The van der Waals surface area contributed by atoms with Gasteiger partial charge in [0.2, 0.25) is 0 Å². The normalized spacial score (nSPS) is 12.3. The molecule has 2 rings (SSSR count). The van der Waals surface area contributed by atoms with Gasteiger partial charge in [0.1, 0.15) is 0 Å². The van der Waals surface area contributed by atoms with Crippen molar-refractivity contribution in [2.45, 2.75) is 26.8 Å². The van der Waals surface area contributed by atoms with Crippen LogP contribution in [0.5, 0.6) is 0 Å². The van der Waals surface area contributed by atoms with Gasteiger partial charge in [0, 0.05) is 20.3 Å². The van der Waals surface area contributed by atoms with E-state index in [2.05, 4.69) is 66.9 Å². The largest absolute Gasteiger partial charge is 0.378 e. The lowest BCUT2D eigenvalue weighted by atomic mass is 10.0. The molecule has 0 aliphatic rings. The lowest BCUT2D eigenvalue weighted by Gasteiger charge is -2.18. The lowest BCUT2D eigenvalue weighted by Crippen LogP contribution is -2.08. The first kappa shape index (κ1) is 14.7. The van der Waals surface area contributed by atoms with E-state index in [1.165, 1.54) is 16.7 Å². The Balaban J connectivity index is 2.22. The van der Waals surface area contributed by atoms with E-state index in [-0.39, 0.29) is 6.04 Å². The summed E-state index contributed by atoms with van der Waals surface area (Å²) in [5.74, 6) is 0. The molecule has 1 nitrogen and oxygen atoms in total. The molecule has 0 saturated heterocycles. The van der Waals surface area contributed by atoms with Crippen LogP contribution in [0.2, 0.25) is 5.02 Å². The van der Waals surface area contributed by atoms with Crippen LogP contribution in [0.4, 0.5) is 5.69 Å².